The number of hydrogen-bond donors (Lipinski definition) is 2. The second-order valence-corrected chi connectivity index (χ2v) is 9.03. The number of rotatable bonds is 4. The van der Waals surface area contributed by atoms with Gasteiger partial charge in [-0.25, -0.2) is 8.42 Å². The molecule has 0 spiro atoms. The van der Waals surface area contributed by atoms with E-state index in [1.165, 1.54) is 25.1 Å². The van der Waals surface area contributed by atoms with Crippen LogP contribution in [0.1, 0.15) is 23.0 Å². The summed E-state index contributed by atoms with van der Waals surface area (Å²) >= 11 is 0. The van der Waals surface area contributed by atoms with E-state index in [2.05, 4.69) is 5.32 Å². The molecule has 1 aromatic heterocycles. The highest BCUT2D eigenvalue weighted by atomic mass is 32.2. The maximum absolute atomic E-state index is 12.9. The van der Waals surface area contributed by atoms with Crippen LogP contribution in [-0.4, -0.2) is 25.2 Å². The average Bonchev–Trinajstić information content (AvgIpc) is 3.06. The minimum Gasteiger partial charge on any atom is -0.506 e. The Balaban J connectivity index is 1.76. The number of nitrogens with one attached hydrogen (secondary N) is 1. The number of carbonyl (C=O) groups is 1. The summed E-state index contributed by atoms with van der Waals surface area (Å²) in [5.41, 5.74) is 1.28. The van der Waals surface area contributed by atoms with Gasteiger partial charge in [0.05, 0.1) is 16.3 Å². The summed E-state index contributed by atoms with van der Waals surface area (Å²) in [5.74, 6) is -0.766. The molecule has 0 aliphatic carbocycles. The fraction of sp³-hybridized carbons (Fsp3) is 0.136. The minimum absolute atomic E-state index is 0.00855. The second-order valence-electron chi connectivity index (χ2n) is 6.76. The molecule has 1 amide bonds. The van der Waals surface area contributed by atoms with Gasteiger partial charge in [-0.3, -0.25) is 4.79 Å². The van der Waals surface area contributed by atoms with Crippen molar-refractivity contribution in [3.8, 4) is 5.75 Å². The summed E-state index contributed by atoms with van der Waals surface area (Å²) in [6.45, 7) is 3.32. The van der Waals surface area contributed by atoms with Crippen LogP contribution in [0.25, 0.3) is 21.7 Å². The molecule has 0 bridgehead atoms. The number of aromatic hydroxyl groups is 1. The van der Waals surface area contributed by atoms with Gasteiger partial charge >= 0.3 is 0 Å². The van der Waals surface area contributed by atoms with E-state index in [9.17, 15) is 18.3 Å². The molecule has 148 valence electrons. The quantitative estimate of drug-likeness (QED) is 0.479. The smallest absolute Gasteiger partial charge is 0.291 e. The number of aryl methyl sites for hydroxylation is 1. The highest BCUT2D eigenvalue weighted by Crippen LogP contribution is 2.33. The van der Waals surface area contributed by atoms with Crippen molar-refractivity contribution < 1.29 is 22.7 Å². The Morgan fingerprint density at radius 3 is 2.59 bits per heavy atom. The number of anilines is 1. The van der Waals surface area contributed by atoms with Crippen molar-refractivity contribution in [1.82, 2.24) is 0 Å². The summed E-state index contributed by atoms with van der Waals surface area (Å²) in [6, 6.07) is 15.4. The molecule has 0 atom stereocenters. The van der Waals surface area contributed by atoms with Gasteiger partial charge in [-0.2, -0.15) is 0 Å². The fourth-order valence-electron chi connectivity index (χ4n) is 3.32. The molecule has 0 aliphatic rings. The Labute approximate surface area is 167 Å². The Morgan fingerprint density at radius 2 is 1.83 bits per heavy atom. The molecule has 0 fully saturated rings. The van der Waals surface area contributed by atoms with Gasteiger partial charge < -0.3 is 14.8 Å². The average molecular weight is 409 g/mol. The number of carbonyl (C=O) groups excluding carboxylic acids is 1. The standard InChI is InChI=1S/C22H19NO5S/c1-3-29(26,27)15-9-11-19(24)18(12-15)23-22(25)20-13(2)16-10-8-14-6-4-5-7-17(14)21(16)28-20/h4-12,24H,3H2,1-2H3,(H,23,25). The maximum Gasteiger partial charge on any atom is 0.291 e. The van der Waals surface area contributed by atoms with Gasteiger partial charge in [-0.1, -0.05) is 43.3 Å². The zero-order valence-electron chi connectivity index (χ0n) is 15.9. The van der Waals surface area contributed by atoms with Gasteiger partial charge in [0.25, 0.3) is 5.91 Å². The van der Waals surface area contributed by atoms with Crippen LogP contribution in [0, 0.1) is 6.92 Å². The van der Waals surface area contributed by atoms with E-state index in [1.54, 1.807) is 6.92 Å². The maximum atomic E-state index is 12.9. The van der Waals surface area contributed by atoms with E-state index in [1.807, 2.05) is 36.4 Å². The number of phenols is 1. The topological polar surface area (TPSA) is 96.6 Å². The third kappa shape index (κ3) is 3.23. The van der Waals surface area contributed by atoms with Gasteiger partial charge in [0, 0.05) is 16.3 Å². The molecule has 0 radical (unpaired) electrons. The lowest BCUT2D eigenvalue weighted by Gasteiger charge is -2.09. The van der Waals surface area contributed by atoms with E-state index in [0.717, 1.165) is 16.2 Å². The van der Waals surface area contributed by atoms with Gasteiger partial charge in [0.15, 0.2) is 15.6 Å². The number of hydrogen-bond acceptors (Lipinski definition) is 5. The molecular formula is C22H19NO5S. The first kappa shape index (κ1) is 19.0. The molecule has 2 N–H and O–H groups in total. The first-order chi connectivity index (χ1) is 13.8. The highest BCUT2D eigenvalue weighted by molar-refractivity contribution is 7.91. The SMILES string of the molecule is CCS(=O)(=O)c1ccc(O)c(NC(=O)c2oc3c(ccc4ccccc43)c2C)c1. The van der Waals surface area contributed by atoms with Crippen LogP contribution in [0.5, 0.6) is 5.75 Å². The molecule has 0 saturated carbocycles. The second kappa shape index (κ2) is 6.93. The molecule has 4 aromatic rings. The fourth-order valence-corrected chi connectivity index (χ4v) is 4.23. The molecule has 29 heavy (non-hydrogen) atoms. The van der Waals surface area contributed by atoms with Crippen LogP contribution in [0.4, 0.5) is 5.69 Å². The summed E-state index contributed by atoms with van der Waals surface area (Å²) < 4.78 is 30.1. The summed E-state index contributed by atoms with van der Waals surface area (Å²) in [4.78, 5) is 12.9. The van der Waals surface area contributed by atoms with Crippen molar-refractivity contribution in [3.63, 3.8) is 0 Å². The number of furan rings is 1. The van der Waals surface area contributed by atoms with Crippen molar-refractivity contribution in [1.29, 1.82) is 0 Å². The zero-order chi connectivity index (χ0) is 20.8. The van der Waals surface area contributed by atoms with Crippen LogP contribution < -0.4 is 5.32 Å². The van der Waals surface area contributed by atoms with Gasteiger partial charge in [-0.05, 0) is 30.5 Å². The summed E-state index contributed by atoms with van der Waals surface area (Å²) in [7, 11) is -3.48. The number of phenolic OH excluding ortho intramolecular Hbond substituents is 1. The van der Waals surface area contributed by atoms with Crippen molar-refractivity contribution in [2.45, 2.75) is 18.7 Å². The number of benzene rings is 3. The Hall–Kier alpha value is -3.32. The van der Waals surface area contributed by atoms with Gasteiger partial charge in [-0.15, -0.1) is 0 Å². The summed E-state index contributed by atoms with van der Waals surface area (Å²) in [6.07, 6.45) is 0. The predicted octanol–water partition coefficient (Wildman–Crippen LogP) is 4.65. The lowest BCUT2D eigenvalue weighted by atomic mass is 10.1. The number of amides is 1. The first-order valence-electron chi connectivity index (χ1n) is 9.10. The van der Waals surface area contributed by atoms with E-state index in [-0.39, 0.29) is 27.8 Å². The van der Waals surface area contributed by atoms with E-state index < -0.39 is 15.7 Å². The monoisotopic (exact) mass is 409 g/mol. The van der Waals surface area contributed by atoms with Crippen molar-refractivity contribution in [2.75, 3.05) is 11.1 Å². The number of sulfone groups is 1. The Bertz CT molecular complexity index is 1370. The molecule has 7 heteroatoms. The van der Waals surface area contributed by atoms with Gasteiger partial charge in [0.1, 0.15) is 11.3 Å². The van der Waals surface area contributed by atoms with Crippen LogP contribution in [-0.2, 0) is 9.84 Å². The van der Waals surface area contributed by atoms with Crippen molar-refractivity contribution >= 4 is 43.2 Å². The minimum atomic E-state index is -3.48. The normalized spacial score (nSPS) is 11.8. The van der Waals surface area contributed by atoms with E-state index >= 15 is 0 Å². The summed E-state index contributed by atoms with van der Waals surface area (Å²) in [5, 5.41) is 15.4. The zero-order valence-corrected chi connectivity index (χ0v) is 16.7. The van der Waals surface area contributed by atoms with Crippen LogP contribution in [0.15, 0.2) is 63.9 Å². The lowest BCUT2D eigenvalue weighted by Crippen LogP contribution is -2.13. The molecule has 3 aromatic carbocycles. The van der Waals surface area contributed by atoms with E-state index in [4.69, 9.17) is 4.42 Å². The molecule has 0 aliphatic heterocycles. The molecule has 0 saturated heterocycles. The Morgan fingerprint density at radius 1 is 1.07 bits per heavy atom. The largest absolute Gasteiger partial charge is 0.506 e. The molecule has 6 nitrogen and oxygen atoms in total. The lowest BCUT2D eigenvalue weighted by molar-refractivity contribution is 0.0997. The third-order valence-corrected chi connectivity index (χ3v) is 6.72. The predicted molar refractivity (Wildman–Crippen MR) is 112 cm³/mol. The molecular weight excluding hydrogens is 390 g/mol. The van der Waals surface area contributed by atoms with Crippen LogP contribution in [0.3, 0.4) is 0 Å². The van der Waals surface area contributed by atoms with E-state index in [0.29, 0.717) is 11.1 Å². The van der Waals surface area contributed by atoms with Crippen LogP contribution >= 0.6 is 0 Å². The third-order valence-electron chi connectivity index (χ3n) is 4.99. The highest BCUT2D eigenvalue weighted by Gasteiger charge is 2.21. The van der Waals surface area contributed by atoms with Gasteiger partial charge in [0.2, 0.25) is 0 Å². The Kier molecular flexibility index (Phi) is 4.55. The van der Waals surface area contributed by atoms with Crippen LogP contribution in [0.2, 0.25) is 0 Å². The number of fused-ring (bicyclic) bond motifs is 3. The molecule has 4 rings (SSSR count). The van der Waals surface area contributed by atoms with Crippen molar-refractivity contribution in [2.24, 2.45) is 0 Å². The first-order valence-corrected chi connectivity index (χ1v) is 10.7. The van der Waals surface area contributed by atoms with Crippen molar-refractivity contribution in [3.05, 3.63) is 65.9 Å². The molecule has 0 unspecified atom stereocenters. The molecule has 1 heterocycles.